The van der Waals surface area contributed by atoms with Crippen molar-refractivity contribution in [2.45, 2.75) is 44.9 Å². The second kappa shape index (κ2) is 7.59. The lowest BCUT2D eigenvalue weighted by Gasteiger charge is -2.22. The van der Waals surface area contributed by atoms with Crippen LogP contribution in [0.3, 0.4) is 0 Å². The van der Waals surface area contributed by atoms with E-state index in [-0.39, 0.29) is 4.75 Å². The van der Waals surface area contributed by atoms with Crippen molar-refractivity contribution in [2.75, 3.05) is 18.2 Å². The van der Waals surface area contributed by atoms with Crippen molar-refractivity contribution in [2.24, 2.45) is 0 Å². The van der Waals surface area contributed by atoms with E-state index in [4.69, 9.17) is 4.74 Å². The minimum atomic E-state index is -0.838. The molecule has 4 nitrogen and oxygen atoms in total. The van der Waals surface area contributed by atoms with Crippen LogP contribution in [0.1, 0.15) is 32.8 Å². The Morgan fingerprint density at radius 1 is 1.43 bits per heavy atom. The van der Waals surface area contributed by atoms with Gasteiger partial charge in [0.2, 0.25) is 0 Å². The Balaban J connectivity index is 2.78. The average molecular weight is 311 g/mol. The lowest BCUT2D eigenvalue weighted by Crippen LogP contribution is -2.30. The number of hydrogen-bond donors (Lipinski definition) is 2. The summed E-state index contributed by atoms with van der Waals surface area (Å²) < 4.78 is 5.45. The number of aryl methyl sites for hydroxylation is 1. The van der Waals surface area contributed by atoms with Gasteiger partial charge < -0.3 is 15.2 Å². The summed E-state index contributed by atoms with van der Waals surface area (Å²) in [5, 5.41) is 12.5. The molecule has 0 bridgehead atoms. The first-order valence-electron chi connectivity index (χ1n) is 7.01. The monoisotopic (exact) mass is 311 g/mol. The molecule has 0 aromatic heterocycles. The Morgan fingerprint density at radius 3 is 2.62 bits per heavy atom. The fourth-order valence-corrected chi connectivity index (χ4v) is 2.88. The smallest absolute Gasteiger partial charge is 0.326 e. The molecule has 118 valence electrons. The minimum Gasteiger partial charge on any atom is -0.495 e. The van der Waals surface area contributed by atoms with Gasteiger partial charge in [-0.2, -0.15) is 11.8 Å². The average Bonchev–Trinajstić information content (AvgIpc) is 2.37. The standard InChI is InChI=1S/C16H25NO3S/c1-11-7-6-8-13(20-5)14(11)17-12(15(18)19)9-10-21-16(2,3)4/h6-8,12,17H,9-10H2,1-5H3,(H,18,19). The van der Waals surface area contributed by atoms with Crippen LogP contribution in [0, 0.1) is 6.92 Å². The molecular formula is C16H25NO3S. The molecule has 2 N–H and O–H groups in total. The lowest BCUT2D eigenvalue weighted by molar-refractivity contribution is -0.137. The Labute approximate surface area is 131 Å². The van der Waals surface area contributed by atoms with Crippen LogP contribution in [-0.4, -0.2) is 34.7 Å². The fourth-order valence-electron chi connectivity index (χ4n) is 1.91. The molecule has 5 heteroatoms. The van der Waals surface area contributed by atoms with Crippen molar-refractivity contribution in [3.8, 4) is 5.75 Å². The van der Waals surface area contributed by atoms with Crippen molar-refractivity contribution in [1.29, 1.82) is 0 Å². The van der Waals surface area contributed by atoms with Crippen LogP contribution in [0.4, 0.5) is 5.69 Å². The normalized spacial score (nSPS) is 12.8. The molecule has 1 aromatic rings. The van der Waals surface area contributed by atoms with Crippen molar-refractivity contribution < 1.29 is 14.6 Å². The van der Waals surface area contributed by atoms with Gasteiger partial charge in [-0.15, -0.1) is 0 Å². The highest BCUT2D eigenvalue weighted by Gasteiger charge is 2.21. The summed E-state index contributed by atoms with van der Waals surface area (Å²) in [5.41, 5.74) is 1.73. The van der Waals surface area contributed by atoms with Gasteiger partial charge in [-0.25, -0.2) is 4.79 Å². The topological polar surface area (TPSA) is 58.6 Å². The number of ether oxygens (including phenoxy) is 1. The van der Waals surface area contributed by atoms with E-state index >= 15 is 0 Å². The molecule has 0 aliphatic heterocycles. The van der Waals surface area contributed by atoms with Crippen LogP contribution in [0.2, 0.25) is 0 Å². The largest absolute Gasteiger partial charge is 0.495 e. The van der Waals surface area contributed by atoms with Crippen molar-refractivity contribution in [3.05, 3.63) is 23.8 Å². The van der Waals surface area contributed by atoms with E-state index in [9.17, 15) is 9.90 Å². The quantitative estimate of drug-likeness (QED) is 0.802. The summed E-state index contributed by atoms with van der Waals surface area (Å²) in [5.74, 6) is 0.626. The van der Waals surface area contributed by atoms with Crippen LogP contribution in [0.25, 0.3) is 0 Å². The Hall–Kier alpha value is -1.36. The molecule has 0 amide bonds. The lowest BCUT2D eigenvalue weighted by atomic mass is 10.1. The fraction of sp³-hybridized carbons (Fsp3) is 0.562. The van der Waals surface area contributed by atoms with Gasteiger partial charge in [0.05, 0.1) is 12.8 Å². The van der Waals surface area contributed by atoms with Gasteiger partial charge in [-0.3, -0.25) is 0 Å². The van der Waals surface area contributed by atoms with E-state index in [1.54, 1.807) is 18.9 Å². The maximum atomic E-state index is 11.5. The number of carboxylic acid groups (broad SMARTS) is 1. The van der Waals surface area contributed by atoms with E-state index in [1.165, 1.54) is 0 Å². The molecule has 0 saturated carbocycles. The Kier molecular flexibility index (Phi) is 6.40. The maximum Gasteiger partial charge on any atom is 0.326 e. The number of benzene rings is 1. The summed E-state index contributed by atoms with van der Waals surface area (Å²) in [6.45, 7) is 8.33. The third-order valence-electron chi connectivity index (χ3n) is 3.01. The van der Waals surface area contributed by atoms with Crippen LogP contribution < -0.4 is 10.1 Å². The van der Waals surface area contributed by atoms with Crippen molar-refractivity contribution in [3.63, 3.8) is 0 Å². The number of nitrogens with one attached hydrogen (secondary N) is 1. The molecular weight excluding hydrogens is 286 g/mol. The van der Waals surface area contributed by atoms with E-state index in [0.29, 0.717) is 12.2 Å². The molecule has 1 rings (SSSR count). The van der Waals surface area contributed by atoms with Gasteiger partial charge in [-0.1, -0.05) is 32.9 Å². The molecule has 0 aliphatic rings. The maximum absolute atomic E-state index is 11.5. The number of rotatable bonds is 7. The van der Waals surface area contributed by atoms with Gasteiger partial charge in [0.1, 0.15) is 11.8 Å². The third-order valence-corrected chi connectivity index (χ3v) is 4.32. The predicted molar refractivity (Wildman–Crippen MR) is 89.6 cm³/mol. The molecule has 1 atom stereocenters. The van der Waals surface area contributed by atoms with E-state index in [2.05, 4.69) is 26.1 Å². The highest BCUT2D eigenvalue weighted by atomic mass is 32.2. The molecule has 1 aromatic carbocycles. The summed E-state index contributed by atoms with van der Waals surface area (Å²) in [7, 11) is 1.59. The number of aliphatic carboxylic acids is 1. The van der Waals surface area contributed by atoms with E-state index < -0.39 is 12.0 Å². The second-order valence-corrected chi connectivity index (χ2v) is 7.86. The summed E-state index contributed by atoms with van der Waals surface area (Å²) >= 11 is 1.77. The van der Waals surface area contributed by atoms with Gasteiger partial charge in [0.15, 0.2) is 0 Å². The third kappa shape index (κ3) is 5.87. The molecule has 0 radical (unpaired) electrons. The molecule has 0 fully saturated rings. The molecule has 0 aliphatic carbocycles. The number of para-hydroxylation sites is 1. The number of carbonyl (C=O) groups is 1. The summed E-state index contributed by atoms with van der Waals surface area (Å²) in [6.07, 6.45) is 0.564. The number of carboxylic acids is 1. The summed E-state index contributed by atoms with van der Waals surface area (Å²) in [4.78, 5) is 11.5. The SMILES string of the molecule is COc1cccc(C)c1NC(CCSC(C)(C)C)C(=O)O. The molecule has 0 heterocycles. The predicted octanol–water partition coefficient (Wildman–Crippen LogP) is 3.79. The molecule has 21 heavy (non-hydrogen) atoms. The van der Waals surface area contributed by atoms with Gasteiger partial charge >= 0.3 is 5.97 Å². The zero-order valence-corrected chi connectivity index (χ0v) is 14.2. The first-order chi connectivity index (χ1) is 9.74. The Morgan fingerprint density at radius 2 is 2.10 bits per heavy atom. The van der Waals surface area contributed by atoms with Crippen LogP contribution in [0.15, 0.2) is 18.2 Å². The molecule has 0 saturated heterocycles. The van der Waals surface area contributed by atoms with Crippen molar-refractivity contribution in [1.82, 2.24) is 0 Å². The highest BCUT2D eigenvalue weighted by molar-refractivity contribution is 8.00. The highest BCUT2D eigenvalue weighted by Crippen LogP contribution is 2.30. The molecule has 0 spiro atoms. The zero-order chi connectivity index (χ0) is 16.0. The van der Waals surface area contributed by atoms with Gasteiger partial charge in [0.25, 0.3) is 0 Å². The van der Waals surface area contributed by atoms with E-state index in [1.807, 2.05) is 25.1 Å². The van der Waals surface area contributed by atoms with Gasteiger partial charge in [0, 0.05) is 4.75 Å². The minimum absolute atomic E-state index is 0.142. The number of anilines is 1. The number of methoxy groups -OCH3 is 1. The Bertz CT molecular complexity index is 483. The van der Waals surface area contributed by atoms with Crippen LogP contribution >= 0.6 is 11.8 Å². The van der Waals surface area contributed by atoms with Gasteiger partial charge in [-0.05, 0) is 30.7 Å². The first-order valence-corrected chi connectivity index (χ1v) is 8.00. The second-order valence-electron chi connectivity index (χ2n) is 5.94. The molecule has 1 unspecified atom stereocenters. The number of thioether (sulfide) groups is 1. The van der Waals surface area contributed by atoms with Crippen molar-refractivity contribution >= 4 is 23.4 Å². The first kappa shape index (κ1) is 17.7. The number of hydrogen-bond acceptors (Lipinski definition) is 4. The van der Waals surface area contributed by atoms with Crippen LogP contribution in [-0.2, 0) is 4.79 Å². The van der Waals surface area contributed by atoms with Crippen LogP contribution in [0.5, 0.6) is 5.75 Å². The summed E-state index contributed by atoms with van der Waals surface area (Å²) in [6, 6.07) is 5.05. The zero-order valence-electron chi connectivity index (χ0n) is 13.4. The van der Waals surface area contributed by atoms with E-state index in [0.717, 1.165) is 17.0 Å².